The second kappa shape index (κ2) is 5.82. The molecule has 3 nitrogen and oxygen atoms in total. The molecule has 0 aromatic heterocycles. The van der Waals surface area contributed by atoms with E-state index in [-0.39, 0.29) is 11.9 Å². The molecule has 1 amide bonds. The third-order valence-corrected chi connectivity index (χ3v) is 2.03. The molecule has 0 fully saturated rings. The first kappa shape index (κ1) is 12.1. The van der Waals surface area contributed by atoms with Gasteiger partial charge in [0.05, 0.1) is 12.6 Å². The fraction of sp³-hybridized carbons (Fsp3) is 0.308. The molecule has 1 atom stereocenters. The summed E-state index contributed by atoms with van der Waals surface area (Å²) < 4.78 is 5.28. The molecule has 0 saturated carbocycles. The molecule has 1 aromatic rings. The van der Waals surface area contributed by atoms with Crippen molar-refractivity contribution in [2.75, 3.05) is 6.61 Å². The summed E-state index contributed by atoms with van der Waals surface area (Å²) in [5.41, 5.74) is 0.575. The van der Waals surface area contributed by atoms with Crippen LogP contribution in [0, 0.1) is 12.3 Å². The highest BCUT2D eigenvalue weighted by atomic mass is 16.5. The molecule has 1 unspecified atom stereocenters. The van der Waals surface area contributed by atoms with E-state index in [1.54, 1.807) is 31.2 Å². The van der Waals surface area contributed by atoms with Gasteiger partial charge in [-0.15, -0.1) is 6.42 Å². The summed E-state index contributed by atoms with van der Waals surface area (Å²) in [4.78, 5) is 11.6. The quantitative estimate of drug-likeness (QED) is 0.781. The molecule has 0 aliphatic heterocycles. The van der Waals surface area contributed by atoms with Crippen LogP contribution < -0.4 is 10.1 Å². The molecular formula is C13H15NO2. The summed E-state index contributed by atoms with van der Waals surface area (Å²) in [6.45, 7) is 4.28. The molecule has 1 N–H and O–H groups in total. The molecule has 16 heavy (non-hydrogen) atoms. The van der Waals surface area contributed by atoms with Gasteiger partial charge in [-0.2, -0.15) is 0 Å². The summed E-state index contributed by atoms with van der Waals surface area (Å²) >= 11 is 0. The van der Waals surface area contributed by atoms with Gasteiger partial charge in [-0.25, -0.2) is 0 Å². The van der Waals surface area contributed by atoms with Gasteiger partial charge in [0, 0.05) is 5.56 Å². The Morgan fingerprint density at radius 2 is 2.12 bits per heavy atom. The van der Waals surface area contributed by atoms with E-state index in [0.717, 1.165) is 5.75 Å². The van der Waals surface area contributed by atoms with Crippen LogP contribution in [0.5, 0.6) is 5.75 Å². The highest BCUT2D eigenvalue weighted by Gasteiger charge is 2.07. The lowest BCUT2D eigenvalue weighted by Crippen LogP contribution is -2.31. The van der Waals surface area contributed by atoms with Crippen LogP contribution in [0.4, 0.5) is 0 Å². The minimum absolute atomic E-state index is 0.173. The monoisotopic (exact) mass is 217 g/mol. The Labute approximate surface area is 95.8 Å². The van der Waals surface area contributed by atoms with Crippen LogP contribution in [0.2, 0.25) is 0 Å². The normalized spacial score (nSPS) is 11.3. The third-order valence-electron chi connectivity index (χ3n) is 2.03. The molecule has 1 aromatic carbocycles. The van der Waals surface area contributed by atoms with Gasteiger partial charge in [0.15, 0.2) is 0 Å². The number of carbonyl (C=O) groups is 1. The van der Waals surface area contributed by atoms with Gasteiger partial charge in [0.25, 0.3) is 5.91 Å². The Balaban J connectivity index is 2.67. The van der Waals surface area contributed by atoms with E-state index in [1.165, 1.54) is 0 Å². The average molecular weight is 217 g/mol. The fourth-order valence-corrected chi connectivity index (χ4v) is 1.19. The van der Waals surface area contributed by atoms with Crippen molar-refractivity contribution in [1.29, 1.82) is 0 Å². The largest absolute Gasteiger partial charge is 0.494 e. The first-order chi connectivity index (χ1) is 7.67. The number of benzene rings is 1. The molecule has 0 spiro atoms. The SMILES string of the molecule is C#CC(C)NC(=O)c1ccc(OCC)cc1. The minimum atomic E-state index is -0.265. The second-order valence-corrected chi connectivity index (χ2v) is 3.32. The van der Waals surface area contributed by atoms with Gasteiger partial charge in [0.2, 0.25) is 0 Å². The third kappa shape index (κ3) is 3.32. The maximum atomic E-state index is 11.6. The number of hydrogen-bond acceptors (Lipinski definition) is 2. The van der Waals surface area contributed by atoms with Crippen LogP contribution in [-0.2, 0) is 0 Å². The predicted molar refractivity (Wildman–Crippen MR) is 63.4 cm³/mol. The summed E-state index contributed by atoms with van der Waals surface area (Å²) in [5, 5.41) is 2.68. The molecule has 0 heterocycles. The molecular weight excluding hydrogens is 202 g/mol. The average Bonchev–Trinajstić information content (AvgIpc) is 2.30. The van der Waals surface area contributed by atoms with E-state index in [0.29, 0.717) is 12.2 Å². The summed E-state index contributed by atoms with van der Waals surface area (Å²) in [5.74, 6) is 3.02. The number of hydrogen-bond donors (Lipinski definition) is 1. The number of nitrogens with one attached hydrogen (secondary N) is 1. The zero-order valence-electron chi connectivity index (χ0n) is 9.49. The highest BCUT2D eigenvalue weighted by molar-refractivity contribution is 5.94. The van der Waals surface area contributed by atoms with Crippen molar-refractivity contribution in [1.82, 2.24) is 5.32 Å². The van der Waals surface area contributed by atoms with Gasteiger partial charge in [0.1, 0.15) is 5.75 Å². The Hall–Kier alpha value is -1.95. The number of terminal acetylenes is 1. The fourth-order valence-electron chi connectivity index (χ4n) is 1.19. The van der Waals surface area contributed by atoms with Gasteiger partial charge in [-0.1, -0.05) is 5.92 Å². The van der Waals surface area contributed by atoms with Crippen LogP contribution in [-0.4, -0.2) is 18.6 Å². The maximum Gasteiger partial charge on any atom is 0.252 e. The summed E-state index contributed by atoms with van der Waals surface area (Å²) in [7, 11) is 0. The Kier molecular flexibility index (Phi) is 4.41. The van der Waals surface area contributed by atoms with Crippen molar-refractivity contribution >= 4 is 5.91 Å². The maximum absolute atomic E-state index is 11.6. The van der Waals surface area contributed by atoms with Crippen LogP contribution in [0.15, 0.2) is 24.3 Å². The van der Waals surface area contributed by atoms with Crippen LogP contribution in [0.25, 0.3) is 0 Å². The lowest BCUT2D eigenvalue weighted by Gasteiger charge is -2.08. The standard InChI is InChI=1S/C13H15NO2/c1-4-10(3)14-13(15)11-6-8-12(9-7-11)16-5-2/h1,6-10H,5H2,2-3H3,(H,14,15). The number of carbonyl (C=O) groups excluding carboxylic acids is 1. The first-order valence-corrected chi connectivity index (χ1v) is 5.17. The molecule has 84 valence electrons. The summed E-state index contributed by atoms with van der Waals surface area (Å²) in [6.07, 6.45) is 5.18. The van der Waals surface area contributed by atoms with E-state index in [4.69, 9.17) is 11.2 Å². The minimum Gasteiger partial charge on any atom is -0.494 e. The molecule has 0 aliphatic carbocycles. The summed E-state index contributed by atoms with van der Waals surface area (Å²) in [6, 6.07) is 6.68. The van der Waals surface area contributed by atoms with E-state index < -0.39 is 0 Å². The molecule has 0 aliphatic rings. The van der Waals surface area contributed by atoms with E-state index in [9.17, 15) is 4.79 Å². The number of ether oxygens (including phenoxy) is 1. The highest BCUT2D eigenvalue weighted by Crippen LogP contribution is 2.11. The predicted octanol–water partition coefficient (Wildman–Crippen LogP) is 1.84. The lowest BCUT2D eigenvalue weighted by molar-refractivity contribution is 0.0948. The van der Waals surface area contributed by atoms with Crippen molar-refractivity contribution < 1.29 is 9.53 Å². The smallest absolute Gasteiger partial charge is 0.252 e. The van der Waals surface area contributed by atoms with E-state index in [2.05, 4.69) is 11.2 Å². The second-order valence-electron chi connectivity index (χ2n) is 3.32. The van der Waals surface area contributed by atoms with Crippen LogP contribution in [0.3, 0.4) is 0 Å². The van der Waals surface area contributed by atoms with Crippen molar-refractivity contribution in [2.24, 2.45) is 0 Å². The Morgan fingerprint density at radius 3 is 2.62 bits per heavy atom. The van der Waals surface area contributed by atoms with Crippen molar-refractivity contribution in [3.05, 3.63) is 29.8 Å². The van der Waals surface area contributed by atoms with E-state index >= 15 is 0 Å². The Morgan fingerprint density at radius 1 is 1.50 bits per heavy atom. The molecule has 0 radical (unpaired) electrons. The number of amides is 1. The zero-order chi connectivity index (χ0) is 12.0. The molecule has 3 heteroatoms. The first-order valence-electron chi connectivity index (χ1n) is 5.17. The molecule has 0 bridgehead atoms. The van der Waals surface area contributed by atoms with Crippen molar-refractivity contribution in [3.63, 3.8) is 0 Å². The lowest BCUT2D eigenvalue weighted by atomic mass is 10.2. The van der Waals surface area contributed by atoms with Crippen LogP contribution in [0.1, 0.15) is 24.2 Å². The zero-order valence-corrected chi connectivity index (χ0v) is 9.49. The van der Waals surface area contributed by atoms with E-state index in [1.807, 2.05) is 6.92 Å². The van der Waals surface area contributed by atoms with Crippen LogP contribution >= 0.6 is 0 Å². The van der Waals surface area contributed by atoms with Gasteiger partial charge < -0.3 is 10.1 Å². The van der Waals surface area contributed by atoms with Crippen molar-refractivity contribution in [2.45, 2.75) is 19.9 Å². The van der Waals surface area contributed by atoms with Crippen molar-refractivity contribution in [3.8, 4) is 18.1 Å². The number of rotatable bonds is 4. The Bertz CT molecular complexity index is 389. The molecule has 1 rings (SSSR count). The molecule has 0 saturated heterocycles. The van der Waals surface area contributed by atoms with Gasteiger partial charge >= 0.3 is 0 Å². The van der Waals surface area contributed by atoms with Gasteiger partial charge in [-0.3, -0.25) is 4.79 Å². The topological polar surface area (TPSA) is 38.3 Å². The van der Waals surface area contributed by atoms with Gasteiger partial charge in [-0.05, 0) is 38.1 Å².